The Morgan fingerprint density at radius 1 is 1.42 bits per heavy atom. The maximum absolute atomic E-state index is 13.9. The molecule has 0 fully saturated rings. The van der Waals surface area contributed by atoms with Gasteiger partial charge in [-0.15, -0.1) is 0 Å². The van der Waals surface area contributed by atoms with Gasteiger partial charge in [0.2, 0.25) is 26.5 Å². The zero-order chi connectivity index (χ0) is 19.5. The maximum atomic E-state index is 13.9. The van der Waals surface area contributed by atoms with Gasteiger partial charge in [-0.25, -0.2) is 12.8 Å². The minimum atomic E-state index is -4.27. The van der Waals surface area contributed by atoms with Gasteiger partial charge in [0.1, 0.15) is 5.82 Å². The number of benzene rings is 1. The topological polar surface area (TPSA) is 109 Å². The number of aromatic nitrogens is 2. The normalized spacial score (nSPS) is 11.4. The molecular weight excluding hydrogens is 383 g/mol. The van der Waals surface area contributed by atoms with E-state index in [2.05, 4.69) is 4.98 Å². The Morgan fingerprint density at radius 3 is 2.69 bits per heavy atom. The number of nitrogens with one attached hydrogen (secondary N) is 2. The molecule has 0 saturated heterocycles. The maximum Gasteiger partial charge on any atom is 0.231 e. The second-order valence-electron chi connectivity index (χ2n) is 5.46. The summed E-state index contributed by atoms with van der Waals surface area (Å²) in [6.07, 6.45) is 1.06. The third kappa shape index (κ3) is 4.10. The first-order valence-electron chi connectivity index (χ1n) is 7.67. The quantitative estimate of drug-likeness (QED) is 0.593. The summed E-state index contributed by atoms with van der Waals surface area (Å²) in [7, 11) is -2.89. The van der Waals surface area contributed by atoms with Crippen molar-refractivity contribution in [3.63, 3.8) is 0 Å². The fourth-order valence-corrected chi connectivity index (χ4v) is 3.97. The van der Waals surface area contributed by atoms with Crippen LogP contribution < -0.4 is 10.4 Å². The van der Waals surface area contributed by atoms with Crippen LogP contribution in [0.5, 0.6) is 5.88 Å². The van der Waals surface area contributed by atoms with E-state index >= 15 is 0 Å². The summed E-state index contributed by atoms with van der Waals surface area (Å²) in [5, 5.41) is 15.2. The Balaban J connectivity index is 2.52. The van der Waals surface area contributed by atoms with Gasteiger partial charge in [-0.3, -0.25) is 15.4 Å². The molecule has 2 aromatic rings. The number of aryl methyl sites for hydroxylation is 1. The molecule has 0 unspecified atom stereocenters. The first-order chi connectivity index (χ1) is 12.2. The molecule has 0 aliphatic carbocycles. The summed E-state index contributed by atoms with van der Waals surface area (Å²) in [4.78, 5) is 3.81. The predicted octanol–water partition coefficient (Wildman–Crippen LogP) is 2.51. The Morgan fingerprint density at radius 2 is 2.12 bits per heavy atom. The lowest BCUT2D eigenvalue weighted by atomic mass is 10.2. The lowest BCUT2D eigenvalue weighted by Crippen LogP contribution is -2.37. The molecule has 0 bridgehead atoms. The van der Waals surface area contributed by atoms with Crippen LogP contribution in [0.2, 0.25) is 5.02 Å². The van der Waals surface area contributed by atoms with Gasteiger partial charge in [0.05, 0.1) is 12.9 Å². The monoisotopic (exact) mass is 400 g/mol. The summed E-state index contributed by atoms with van der Waals surface area (Å²) < 4.78 is 45.2. The predicted molar refractivity (Wildman–Crippen MR) is 95.8 cm³/mol. The van der Waals surface area contributed by atoms with Crippen LogP contribution in [0.1, 0.15) is 24.6 Å². The Bertz CT molecular complexity index is 985. The minimum Gasteiger partial charge on any atom is -0.481 e. The number of hydrogen-bond acceptors (Lipinski definition) is 6. The zero-order valence-corrected chi connectivity index (χ0v) is 15.8. The first kappa shape index (κ1) is 20.1. The van der Waals surface area contributed by atoms with E-state index in [1.54, 1.807) is 0 Å². The van der Waals surface area contributed by atoms with Crippen LogP contribution in [0, 0.1) is 16.6 Å². The second-order valence-corrected chi connectivity index (χ2v) is 7.78. The molecule has 140 valence electrons. The van der Waals surface area contributed by atoms with Gasteiger partial charge >= 0.3 is 0 Å². The third-order valence-corrected chi connectivity index (χ3v) is 5.41. The van der Waals surface area contributed by atoms with Crippen molar-refractivity contribution in [2.75, 3.05) is 7.11 Å². The minimum absolute atomic E-state index is 0.0425. The largest absolute Gasteiger partial charge is 0.481 e. The van der Waals surface area contributed by atoms with Crippen LogP contribution in [0.25, 0.3) is 0 Å². The summed E-state index contributed by atoms with van der Waals surface area (Å²) in [6, 6.07) is 5.31. The van der Waals surface area contributed by atoms with E-state index in [4.69, 9.17) is 27.2 Å². The Kier molecular flexibility index (Phi) is 6.14. The molecule has 26 heavy (non-hydrogen) atoms. The molecule has 1 heterocycles. The van der Waals surface area contributed by atoms with E-state index in [9.17, 15) is 12.8 Å². The van der Waals surface area contributed by atoms with E-state index in [1.807, 2.05) is 6.92 Å². The van der Waals surface area contributed by atoms with Gasteiger partial charge in [0.15, 0.2) is 0 Å². The molecule has 1 aromatic carbocycles. The number of halogens is 2. The van der Waals surface area contributed by atoms with Crippen molar-refractivity contribution in [2.24, 2.45) is 0 Å². The van der Waals surface area contributed by atoms with Crippen molar-refractivity contribution in [2.45, 2.75) is 25.5 Å². The molecule has 2 N–H and O–H groups in total. The van der Waals surface area contributed by atoms with Crippen molar-refractivity contribution in [1.29, 1.82) is 10.8 Å². The molecule has 10 heteroatoms. The Hall–Kier alpha value is -2.26. The molecule has 0 radical (unpaired) electrons. The van der Waals surface area contributed by atoms with Gasteiger partial charge in [-0.2, -0.15) is 4.98 Å². The molecule has 0 spiro atoms. The SMILES string of the molecule is CCCc1cc(OC)nc(=N)n1C(=N)S(=O)(=O)Cc1c(F)cccc1Cl. The number of hydrogen-bond donors (Lipinski definition) is 2. The van der Waals surface area contributed by atoms with Crippen LogP contribution in [-0.4, -0.2) is 30.2 Å². The first-order valence-corrected chi connectivity index (χ1v) is 9.70. The van der Waals surface area contributed by atoms with Crippen LogP contribution in [0.3, 0.4) is 0 Å². The van der Waals surface area contributed by atoms with Crippen molar-refractivity contribution in [1.82, 2.24) is 9.55 Å². The smallest absolute Gasteiger partial charge is 0.231 e. The fourth-order valence-electron chi connectivity index (χ4n) is 2.37. The third-order valence-electron chi connectivity index (χ3n) is 3.61. The summed E-state index contributed by atoms with van der Waals surface area (Å²) in [5.41, 5.74) is -0.289. The molecule has 0 amide bonds. The highest BCUT2D eigenvalue weighted by atomic mass is 35.5. The molecule has 0 aliphatic rings. The highest BCUT2D eigenvalue weighted by molar-refractivity contribution is 8.05. The average molecular weight is 401 g/mol. The molecule has 0 saturated carbocycles. The number of nitrogens with zero attached hydrogens (tertiary/aromatic N) is 2. The highest BCUT2D eigenvalue weighted by Crippen LogP contribution is 2.22. The van der Waals surface area contributed by atoms with Crippen molar-refractivity contribution >= 4 is 26.6 Å². The average Bonchev–Trinajstić information content (AvgIpc) is 2.57. The summed E-state index contributed by atoms with van der Waals surface area (Å²) in [6.45, 7) is 1.87. The molecule has 1 aromatic heterocycles. The van der Waals surface area contributed by atoms with Crippen LogP contribution in [0.4, 0.5) is 4.39 Å². The molecular formula is C16H18ClFN4O3S. The van der Waals surface area contributed by atoms with Gasteiger partial charge in [-0.1, -0.05) is 31.0 Å². The van der Waals surface area contributed by atoms with Crippen LogP contribution >= 0.6 is 11.6 Å². The van der Waals surface area contributed by atoms with E-state index in [0.717, 1.165) is 10.6 Å². The van der Waals surface area contributed by atoms with E-state index in [1.165, 1.54) is 25.3 Å². The second kappa shape index (κ2) is 7.96. The lowest BCUT2D eigenvalue weighted by molar-refractivity contribution is 0.392. The van der Waals surface area contributed by atoms with Crippen LogP contribution in [0.15, 0.2) is 24.3 Å². The van der Waals surface area contributed by atoms with Gasteiger partial charge < -0.3 is 4.74 Å². The molecule has 0 atom stereocenters. The van der Waals surface area contributed by atoms with Crippen molar-refractivity contribution in [3.05, 3.63) is 52.0 Å². The number of methoxy groups -OCH3 is 1. The van der Waals surface area contributed by atoms with Gasteiger partial charge in [0.25, 0.3) is 0 Å². The van der Waals surface area contributed by atoms with E-state index in [-0.39, 0.29) is 16.5 Å². The highest BCUT2D eigenvalue weighted by Gasteiger charge is 2.26. The zero-order valence-electron chi connectivity index (χ0n) is 14.2. The van der Waals surface area contributed by atoms with Gasteiger partial charge in [0, 0.05) is 22.3 Å². The Labute approximate surface area is 155 Å². The molecule has 7 nitrogen and oxygen atoms in total. The summed E-state index contributed by atoms with van der Waals surface area (Å²) >= 11 is 5.89. The summed E-state index contributed by atoms with van der Waals surface area (Å²) in [5.74, 6) is -1.41. The van der Waals surface area contributed by atoms with E-state index in [0.29, 0.717) is 18.5 Å². The molecule has 0 aliphatic heterocycles. The number of rotatable bonds is 5. The van der Waals surface area contributed by atoms with Crippen molar-refractivity contribution < 1.29 is 17.5 Å². The number of ether oxygens (including phenoxy) is 1. The van der Waals surface area contributed by atoms with E-state index < -0.39 is 32.2 Å². The van der Waals surface area contributed by atoms with Crippen molar-refractivity contribution in [3.8, 4) is 5.88 Å². The standard InChI is InChI=1S/C16H18ClFN4O3S/c1-3-5-10-8-14(25-2)21-15(19)22(10)16(20)26(23,24)9-11-12(17)6-4-7-13(11)18/h4,6-8,19-20H,3,5,9H2,1-2H3. The molecule has 2 rings (SSSR count). The fraction of sp³-hybridized carbons (Fsp3) is 0.312. The lowest BCUT2D eigenvalue weighted by Gasteiger charge is -2.15. The van der Waals surface area contributed by atoms with Gasteiger partial charge in [-0.05, 0) is 18.6 Å². The number of sulfone groups is 1. The van der Waals surface area contributed by atoms with Crippen LogP contribution in [-0.2, 0) is 22.0 Å².